The lowest BCUT2D eigenvalue weighted by Gasteiger charge is -2.30. The Morgan fingerprint density at radius 1 is 1.45 bits per heavy atom. The van der Waals surface area contributed by atoms with Crippen LogP contribution in [0, 0.1) is 13.8 Å². The molecule has 1 saturated heterocycles. The van der Waals surface area contributed by atoms with Gasteiger partial charge in [-0.05, 0) is 32.0 Å². The van der Waals surface area contributed by atoms with E-state index in [0.29, 0.717) is 41.2 Å². The molecule has 2 aromatic heterocycles. The maximum atomic E-state index is 13.6. The van der Waals surface area contributed by atoms with Gasteiger partial charge < -0.3 is 19.8 Å². The van der Waals surface area contributed by atoms with Crippen molar-refractivity contribution >= 4 is 28.2 Å². The second-order valence-corrected chi connectivity index (χ2v) is 8.14. The lowest BCUT2D eigenvalue weighted by atomic mass is 10.0. The topological polar surface area (TPSA) is 76.4 Å². The van der Waals surface area contributed by atoms with Crippen LogP contribution in [0.15, 0.2) is 28.1 Å². The number of amides is 1. The average molecular weight is 421 g/mol. The number of carbonyl (C=O) groups excluding carboxylic acids is 1. The minimum absolute atomic E-state index is 0.304. The molecule has 1 amide bonds. The highest BCUT2D eigenvalue weighted by atomic mass is 32.1. The standard InChI is InChI=1S/C20H21F2N3O3S/c1-11-17(29-10-24-11)8-27-14-3-4-16-15(5-14)18(12(2)28-16)19(26)25-13-6-20(21,22)9-23-7-13/h3-5,10,13,23H,6-9H2,1-2H3,(H,25,26). The Kier molecular flexibility index (Phi) is 5.26. The van der Waals surface area contributed by atoms with E-state index in [-0.39, 0.29) is 13.0 Å². The van der Waals surface area contributed by atoms with Gasteiger partial charge in [0.1, 0.15) is 23.7 Å². The molecule has 4 rings (SSSR count). The molecule has 154 valence electrons. The number of piperidine rings is 1. The highest BCUT2D eigenvalue weighted by Crippen LogP contribution is 2.30. The highest BCUT2D eigenvalue weighted by Gasteiger charge is 2.37. The van der Waals surface area contributed by atoms with Crippen LogP contribution in [0.1, 0.15) is 33.1 Å². The number of nitrogens with zero attached hydrogens (tertiary/aromatic N) is 1. The molecule has 1 aliphatic heterocycles. The van der Waals surface area contributed by atoms with Gasteiger partial charge in [-0.3, -0.25) is 4.79 Å². The summed E-state index contributed by atoms with van der Waals surface area (Å²) >= 11 is 1.52. The van der Waals surface area contributed by atoms with Crippen LogP contribution in [0.4, 0.5) is 8.78 Å². The van der Waals surface area contributed by atoms with Crippen molar-refractivity contribution in [3.63, 3.8) is 0 Å². The zero-order valence-electron chi connectivity index (χ0n) is 16.1. The predicted octanol–water partition coefficient (Wildman–Crippen LogP) is 3.81. The molecule has 1 aromatic carbocycles. The second-order valence-electron chi connectivity index (χ2n) is 7.20. The average Bonchev–Trinajstić information content (AvgIpc) is 3.20. The summed E-state index contributed by atoms with van der Waals surface area (Å²) in [5.74, 6) is -2.24. The SMILES string of the molecule is Cc1ncsc1COc1ccc2oc(C)c(C(=O)NC3CNCC(F)(F)C3)c2c1. The fraction of sp³-hybridized carbons (Fsp3) is 0.400. The minimum atomic E-state index is -2.83. The largest absolute Gasteiger partial charge is 0.488 e. The van der Waals surface area contributed by atoms with Gasteiger partial charge in [-0.1, -0.05) is 0 Å². The molecule has 0 bridgehead atoms. The van der Waals surface area contributed by atoms with E-state index in [1.165, 1.54) is 11.3 Å². The number of furan rings is 1. The molecule has 1 fully saturated rings. The molecule has 2 N–H and O–H groups in total. The number of ether oxygens (including phenoxy) is 1. The lowest BCUT2D eigenvalue weighted by Crippen LogP contribution is -2.53. The normalized spacial score (nSPS) is 18.7. The Bertz CT molecular complexity index is 1050. The van der Waals surface area contributed by atoms with Crippen molar-refractivity contribution in [2.75, 3.05) is 13.1 Å². The van der Waals surface area contributed by atoms with Gasteiger partial charge in [0.05, 0.1) is 28.2 Å². The van der Waals surface area contributed by atoms with E-state index in [2.05, 4.69) is 15.6 Å². The summed E-state index contributed by atoms with van der Waals surface area (Å²) in [6, 6.07) is 4.61. The van der Waals surface area contributed by atoms with Crippen LogP contribution in [0.5, 0.6) is 5.75 Å². The van der Waals surface area contributed by atoms with Gasteiger partial charge in [-0.25, -0.2) is 13.8 Å². The zero-order chi connectivity index (χ0) is 20.6. The van der Waals surface area contributed by atoms with Gasteiger partial charge in [-0.2, -0.15) is 0 Å². The van der Waals surface area contributed by atoms with E-state index in [4.69, 9.17) is 9.15 Å². The number of carbonyl (C=O) groups is 1. The molecule has 1 atom stereocenters. The first-order chi connectivity index (χ1) is 13.8. The number of aryl methyl sites for hydroxylation is 2. The fourth-order valence-corrected chi connectivity index (χ4v) is 4.17. The Morgan fingerprint density at radius 3 is 3.00 bits per heavy atom. The van der Waals surface area contributed by atoms with Gasteiger partial charge in [0.2, 0.25) is 0 Å². The predicted molar refractivity (Wildman–Crippen MR) is 106 cm³/mol. The molecule has 1 aliphatic rings. The Labute approximate surface area is 170 Å². The Morgan fingerprint density at radius 2 is 2.28 bits per heavy atom. The molecule has 0 aliphatic carbocycles. The number of hydrogen-bond donors (Lipinski definition) is 2. The molecule has 9 heteroatoms. The van der Waals surface area contributed by atoms with Crippen LogP contribution in [0.2, 0.25) is 0 Å². The number of nitrogens with one attached hydrogen (secondary N) is 2. The Balaban J connectivity index is 1.54. The minimum Gasteiger partial charge on any atom is -0.488 e. The first-order valence-corrected chi connectivity index (χ1v) is 10.1. The number of thiazole rings is 1. The van der Waals surface area contributed by atoms with E-state index in [9.17, 15) is 13.6 Å². The van der Waals surface area contributed by atoms with Crippen molar-refractivity contribution in [1.29, 1.82) is 0 Å². The summed E-state index contributed by atoms with van der Waals surface area (Å²) in [6.45, 7) is 3.92. The molecule has 29 heavy (non-hydrogen) atoms. The van der Waals surface area contributed by atoms with Crippen LogP contribution in [-0.2, 0) is 6.61 Å². The molecule has 0 saturated carbocycles. The third kappa shape index (κ3) is 4.25. The van der Waals surface area contributed by atoms with E-state index < -0.39 is 17.9 Å². The van der Waals surface area contributed by atoms with Crippen LogP contribution in [0.25, 0.3) is 11.0 Å². The van der Waals surface area contributed by atoms with Crippen LogP contribution in [-0.4, -0.2) is 35.9 Å². The maximum Gasteiger partial charge on any atom is 0.262 e. The van der Waals surface area contributed by atoms with Gasteiger partial charge >= 0.3 is 0 Å². The molecular weight excluding hydrogens is 400 g/mol. The maximum absolute atomic E-state index is 13.6. The van der Waals surface area contributed by atoms with Crippen LogP contribution < -0.4 is 15.4 Å². The number of alkyl halides is 2. The number of hydrogen-bond acceptors (Lipinski definition) is 6. The number of halogens is 2. The second kappa shape index (κ2) is 7.72. The number of benzene rings is 1. The molecule has 0 radical (unpaired) electrons. The zero-order valence-corrected chi connectivity index (χ0v) is 16.9. The van der Waals surface area contributed by atoms with Crippen molar-refractivity contribution in [2.24, 2.45) is 0 Å². The van der Waals surface area contributed by atoms with E-state index >= 15 is 0 Å². The summed E-state index contributed by atoms with van der Waals surface area (Å²) < 4.78 is 38.8. The summed E-state index contributed by atoms with van der Waals surface area (Å²) in [4.78, 5) is 18.1. The number of rotatable bonds is 5. The summed E-state index contributed by atoms with van der Waals surface area (Å²) in [6.07, 6.45) is -0.386. The van der Waals surface area contributed by atoms with E-state index in [1.54, 1.807) is 30.6 Å². The van der Waals surface area contributed by atoms with Crippen molar-refractivity contribution in [2.45, 2.75) is 38.8 Å². The van der Waals surface area contributed by atoms with Gasteiger partial charge in [0, 0.05) is 24.4 Å². The van der Waals surface area contributed by atoms with Crippen molar-refractivity contribution in [1.82, 2.24) is 15.6 Å². The quantitative estimate of drug-likeness (QED) is 0.655. The van der Waals surface area contributed by atoms with Gasteiger partial charge in [0.25, 0.3) is 11.8 Å². The summed E-state index contributed by atoms with van der Waals surface area (Å²) in [7, 11) is 0. The lowest BCUT2D eigenvalue weighted by molar-refractivity contribution is -0.0301. The monoisotopic (exact) mass is 421 g/mol. The number of aromatic nitrogens is 1. The van der Waals surface area contributed by atoms with Crippen molar-refractivity contribution < 1.29 is 22.7 Å². The molecular formula is C20H21F2N3O3S. The smallest absolute Gasteiger partial charge is 0.262 e. The van der Waals surface area contributed by atoms with Crippen molar-refractivity contribution in [3.05, 3.63) is 45.6 Å². The first kappa shape index (κ1) is 19.8. The molecule has 0 spiro atoms. The van der Waals surface area contributed by atoms with Gasteiger partial charge in [0.15, 0.2) is 0 Å². The van der Waals surface area contributed by atoms with Gasteiger partial charge in [-0.15, -0.1) is 11.3 Å². The Hall–Kier alpha value is -2.52. The fourth-order valence-electron chi connectivity index (χ4n) is 3.48. The molecule has 3 heterocycles. The molecule has 3 aromatic rings. The first-order valence-electron chi connectivity index (χ1n) is 9.27. The van der Waals surface area contributed by atoms with Crippen LogP contribution in [0.3, 0.4) is 0 Å². The molecule has 1 unspecified atom stereocenters. The van der Waals surface area contributed by atoms with Crippen molar-refractivity contribution in [3.8, 4) is 5.75 Å². The third-order valence-electron chi connectivity index (χ3n) is 4.93. The summed E-state index contributed by atoms with van der Waals surface area (Å²) in [5.41, 5.74) is 3.57. The summed E-state index contributed by atoms with van der Waals surface area (Å²) in [5, 5.41) is 5.95. The van der Waals surface area contributed by atoms with Crippen LogP contribution >= 0.6 is 11.3 Å². The third-order valence-corrected chi connectivity index (χ3v) is 5.84. The van der Waals surface area contributed by atoms with E-state index in [1.807, 2.05) is 6.92 Å². The van der Waals surface area contributed by atoms with E-state index in [0.717, 1.165) is 10.6 Å². The molecule has 6 nitrogen and oxygen atoms in total. The number of fused-ring (bicyclic) bond motifs is 1. The highest BCUT2D eigenvalue weighted by molar-refractivity contribution is 7.09.